The van der Waals surface area contributed by atoms with E-state index in [2.05, 4.69) is 6.58 Å². The summed E-state index contributed by atoms with van der Waals surface area (Å²) in [5, 5.41) is 0. The third-order valence-electron chi connectivity index (χ3n) is 2.33. The lowest BCUT2D eigenvalue weighted by atomic mass is 9.89. The van der Waals surface area contributed by atoms with Gasteiger partial charge in [0.15, 0.2) is 0 Å². The van der Waals surface area contributed by atoms with Gasteiger partial charge >= 0.3 is 0 Å². The average Bonchev–Trinajstić information content (AvgIpc) is 2.03. The normalized spacial score (nSPS) is 33.2. The molecule has 1 rings (SSSR count). The Bertz CT molecular complexity index is 364. The quantitative estimate of drug-likeness (QED) is 0.543. The molecular weight excluding hydrogens is 188 g/mol. The average molecular weight is 200 g/mol. The molecule has 0 heterocycles. The molecule has 72 valence electrons. The second-order valence-electron chi connectivity index (χ2n) is 3.16. The van der Waals surface area contributed by atoms with Crippen LogP contribution in [0.3, 0.4) is 0 Å². The second-order valence-corrected chi connectivity index (χ2v) is 4.99. The van der Waals surface area contributed by atoms with Crippen molar-refractivity contribution in [1.29, 1.82) is 0 Å². The first-order valence-electron chi connectivity index (χ1n) is 3.87. The zero-order chi connectivity index (χ0) is 10.1. The Morgan fingerprint density at radius 1 is 1.54 bits per heavy atom. The Morgan fingerprint density at radius 2 is 2.15 bits per heavy atom. The Labute approximate surface area is 78.2 Å². The van der Waals surface area contributed by atoms with Crippen LogP contribution in [0.2, 0.25) is 0 Å². The van der Waals surface area contributed by atoms with Crippen LogP contribution >= 0.6 is 0 Å². The van der Waals surface area contributed by atoms with Crippen molar-refractivity contribution in [3.05, 3.63) is 37.0 Å². The van der Waals surface area contributed by atoms with Crippen LogP contribution in [0.25, 0.3) is 0 Å². The van der Waals surface area contributed by atoms with Crippen LogP contribution in [0.1, 0.15) is 6.92 Å². The minimum absolute atomic E-state index is 0.382. The van der Waals surface area contributed by atoms with E-state index in [1.807, 2.05) is 0 Å². The van der Waals surface area contributed by atoms with Crippen molar-refractivity contribution in [2.24, 2.45) is 5.92 Å². The molecule has 3 nitrogen and oxygen atoms in total. The number of hydrogen-bond donors (Lipinski definition) is 1. The molecule has 0 saturated carbocycles. The van der Waals surface area contributed by atoms with Crippen LogP contribution in [0.15, 0.2) is 37.0 Å². The number of allylic oxidation sites excluding steroid dienone is 4. The third kappa shape index (κ3) is 1.59. The standard InChI is InChI=1S/C9H12O3S/c1-3-8-6-4-5-7-9(8,2)13(10,11)12/h3-8H,1H2,2H3,(H,10,11,12). The van der Waals surface area contributed by atoms with E-state index in [9.17, 15) is 8.42 Å². The molecule has 0 amide bonds. The monoisotopic (exact) mass is 200 g/mol. The lowest BCUT2D eigenvalue weighted by molar-refractivity contribution is 0.436. The molecule has 0 bridgehead atoms. The molecule has 0 aromatic rings. The molecule has 1 aliphatic carbocycles. The highest BCUT2D eigenvalue weighted by atomic mass is 32.2. The summed E-state index contributed by atoms with van der Waals surface area (Å²) < 4.78 is 30.0. The summed E-state index contributed by atoms with van der Waals surface area (Å²) in [5.41, 5.74) is 0. The van der Waals surface area contributed by atoms with E-state index in [0.29, 0.717) is 0 Å². The van der Waals surface area contributed by atoms with Gasteiger partial charge in [-0.15, -0.1) is 6.58 Å². The van der Waals surface area contributed by atoms with Gasteiger partial charge in [-0.2, -0.15) is 8.42 Å². The molecule has 2 unspecified atom stereocenters. The van der Waals surface area contributed by atoms with Crippen LogP contribution < -0.4 is 0 Å². The van der Waals surface area contributed by atoms with Gasteiger partial charge in [-0.05, 0) is 6.92 Å². The van der Waals surface area contributed by atoms with Crippen LogP contribution in [-0.2, 0) is 10.1 Å². The van der Waals surface area contributed by atoms with Gasteiger partial charge in [0.1, 0.15) is 4.75 Å². The number of hydrogen-bond acceptors (Lipinski definition) is 2. The Balaban J connectivity index is 3.22. The Kier molecular flexibility index (Phi) is 2.45. The summed E-state index contributed by atoms with van der Waals surface area (Å²) in [7, 11) is -4.10. The smallest absolute Gasteiger partial charge is 0.274 e. The predicted octanol–water partition coefficient (Wildman–Crippen LogP) is 1.56. The van der Waals surface area contributed by atoms with E-state index in [1.165, 1.54) is 19.1 Å². The van der Waals surface area contributed by atoms with Gasteiger partial charge in [0.2, 0.25) is 0 Å². The highest BCUT2D eigenvalue weighted by Gasteiger charge is 2.41. The van der Waals surface area contributed by atoms with E-state index in [4.69, 9.17) is 4.55 Å². The molecule has 13 heavy (non-hydrogen) atoms. The molecule has 0 aromatic carbocycles. The summed E-state index contributed by atoms with van der Waals surface area (Å²) in [6.07, 6.45) is 8.01. The maximum absolute atomic E-state index is 11.1. The van der Waals surface area contributed by atoms with E-state index >= 15 is 0 Å². The Morgan fingerprint density at radius 3 is 2.54 bits per heavy atom. The molecule has 1 aliphatic rings. The Hall–Kier alpha value is -0.870. The molecule has 0 fully saturated rings. The minimum atomic E-state index is -4.10. The van der Waals surface area contributed by atoms with Crippen molar-refractivity contribution in [3.8, 4) is 0 Å². The van der Waals surface area contributed by atoms with Crippen LogP contribution in [-0.4, -0.2) is 17.7 Å². The predicted molar refractivity (Wildman–Crippen MR) is 51.9 cm³/mol. The van der Waals surface area contributed by atoms with Crippen molar-refractivity contribution in [3.63, 3.8) is 0 Å². The second kappa shape index (κ2) is 3.12. The summed E-state index contributed by atoms with van der Waals surface area (Å²) in [5.74, 6) is -0.382. The van der Waals surface area contributed by atoms with Crippen LogP contribution in [0, 0.1) is 5.92 Å². The largest absolute Gasteiger partial charge is 0.285 e. The number of rotatable bonds is 2. The first-order chi connectivity index (χ1) is 5.92. The van der Waals surface area contributed by atoms with Gasteiger partial charge in [0.25, 0.3) is 10.1 Å². The van der Waals surface area contributed by atoms with Crippen LogP contribution in [0.5, 0.6) is 0 Å². The van der Waals surface area contributed by atoms with Crippen molar-refractivity contribution in [2.75, 3.05) is 0 Å². The molecule has 0 aliphatic heterocycles. The summed E-state index contributed by atoms with van der Waals surface area (Å²) >= 11 is 0. The maximum atomic E-state index is 11.1. The van der Waals surface area contributed by atoms with Crippen molar-refractivity contribution in [2.45, 2.75) is 11.7 Å². The fraction of sp³-hybridized carbons (Fsp3) is 0.333. The highest BCUT2D eigenvalue weighted by molar-refractivity contribution is 7.87. The topological polar surface area (TPSA) is 54.4 Å². The van der Waals surface area contributed by atoms with Gasteiger partial charge in [-0.25, -0.2) is 0 Å². The molecule has 0 aromatic heterocycles. The fourth-order valence-electron chi connectivity index (χ4n) is 1.30. The van der Waals surface area contributed by atoms with Gasteiger partial charge in [0, 0.05) is 5.92 Å². The molecular formula is C9H12O3S. The first-order valence-corrected chi connectivity index (χ1v) is 5.31. The molecule has 2 atom stereocenters. The fourth-order valence-corrected chi connectivity index (χ4v) is 2.07. The van der Waals surface area contributed by atoms with Gasteiger partial charge in [0.05, 0.1) is 0 Å². The summed E-state index contributed by atoms with van der Waals surface area (Å²) in [6, 6.07) is 0. The van der Waals surface area contributed by atoms with Crippen molar-refractivity contribution < 1.29 is 13.0 Å². The van der Waals surface area contributed by atoms with Crippen molar-refractivity contribution >= 4 is 10.1 Å². The lowest BCUT2D eigenvalue weighted by Crippen LogP contribution is -2.40. The molecule has 0 saturated heterocycles. The molecule has 0 radical (unpaired) electrons. The SMILES string of the molecule is C=CC1C=CC=CC1(C)S(=O)(=O)O. The third-order valence-corrected chi connectivity index (χ3v) is 3.85. The molecule has 1 N–H and O–H groups in total. The minimum Gasteiger partial charge on any atom is -0.285 e. The van der Waals surface area contributed by atoms with E-state index in [0.717, 1.165) is 0 Å². The summed E-state index contributed by atoms with van der Waals surface area (Å²) in [6.45, 7) is 5.00. The highest BCUT2D eigenvalue weighted by Crippen LogP contribution is 2.32. The lowest BCUT2D eigenvalue weighted by Gasteiger charge is -2.29. The van der Waals surface area contributed by atoms with Gasteiger partial charge < -0.3 is 0 Å². The zero-order valence-electron chi connectivity index (χ0n) is 7.34. The van der Waals surface area contributed by atoms with Crippen LogP contribution in [0.4, 0.5) is 0 Å². The van der Waals surface area contributed by atoms with E-state index in [-0.39, 0.29) is 5.92 Å². The van der Waals surface area contributed by atoms with E-state index in [1.54, 1.807) is 18.2 Å². The van der Waals surface area contributed by atoms with E-state index < -0.39 is 14.9 Å². The van der Waals surface area contributed by atoms with Gasteiger partial charge in [-0.1, -0.05) is 30.4 Å². The molecule has 4 heteroatoms. The molecule has 0 spiro atoms. The zero-order valence-corrected chi connectivity index (χ0v) is 8.16. The van der Waals surface area contributed by atoms with Gasteiger partial charge in [-0.3, -0.25) is 4.55 Å². The summed E-state index contributed by atoms with van der Waals surface area (Å²) in [4.78, 5) is 0. The first kappa shape index (κ1) is 10.2. The van der Waals surface area contributed by atoms with Crippen molar-refractivity contribution in [1.82, 2.24) is 0 Å². The maximum Gasteiger partial charge on any atom is 0.274 e.